The number of para-hydroxylation sites is 1. The minimum absolute atomic E-state index is 0.851. The molecule has 5 nitrogen and oxygen atoms in total. The molecule has 0 saturated carbocycles. The number of thioether (sulfide) groups is 1. The molecule has 1 aliphatic heterocycles. The van der Waals surface area contributed by atoms with Crippen molar-refractivity contribution in [2.75, 3.05) is 38.6 Å². The zero-order chi connectivity index (χ0) is 14.5. The van der Waals surface area contributed by atoms with Gasteiger partial charge in [-0.15, -0.1) is 5.10 Å². The van der Waals surface area contributed by atoms with Crippen molar-refractivity contribution in [2.24, 2.45) is 0 Å². The first-order chi connectivity index (χ1) is 10.3. The Morgan fingerprint density at radius 2 is 1.95 bits per heavy atom. The molecular formula is C15H20N4OS. The number of nitrogens with zero attached hydrogens (tertiary/aromatic N) is 4. The third-order valence-electron chi connectivity index (χ3n) is 3.49. The molecule has 1 saturated heterocycles. The second kappa shape index (κ2) is 7.06. The zero-order valence-electron chi connectivity index (χ0n) is 12.2. The minimum atomic E-state index is 0.851. The highest BCUT2D eigenvalue weighted by atomic mass is 32.2. The summed E-state index contributed by atoms with van der Waals surface area (Å²) >= 11 is 1.72. The average molecular weight is 304 g/mol. The fourth-order valence-electron chi connectivity index (χ4n) is 2.33. The van der Waals surface area contributed by atoms with Gasteiger partial charge in [0.05, 0.1) is 18.9 Å². The Morgan fingerprint density at radius 3 is 2.71 bits per heavy atom. The molecule has 0 radical (unpaired) electrons. The summed E-state index contributed by atoms with van der Waals surface area (Å²) in [5.74, 6) is 1.94. The monoisotopic (exact) mass is 304 g/mol. The molecule has 0 N–H and O–H groups in total. The van der Waals surface area contributed by atoms with Crippen LogP contribution in [0.5, 0.6) is 0 Å². The van der Waals surface area contributed by atoms with Gasteiger partial charge in [0.2, 0.25) is 5.16 Å². The molecule has 2 aromatic rings. The van der Waals surface area contributed by atoms with Crippen LogP contribution in [-0.4, -0.2) is 58.3 Å². The normalized spacial score (nSPS) is 16.2. The summed E-state index contributed by atoms with van der Waals surface area (Å²) in [5, 5.41) is 5.44. The van der Waals surface area contributed by atoms with Crippen LogP contribution in [0.25, 0.3) is 5.69 Å². The second-order valence-corrected chi connectivity index (χ2v) is 6.05. The van der Waals surface area contributed by atoms with E-state index in [9.17, 15) is 0 Å². The Balaban J connectivity index is 1.57. The maximum absolute atomic E-state index is 5.36. The Hall–Kier alpha value is -1.37. The topological polar surface area (TPSA) is 43.2 Å². The first-order valence-electron chi connectivity index (χ1n) is 7.25. The third kappa shape index (κ3) is 3.84. The number of aromatic nitrogens is 3. The second-order valence-electron chi connectivity index (χ2n) is 4.99. The Morgan fingerprint density at radius 1 is 1.19 bits per heavy atom. The predicted octanol–water partition coefficient (Wildman–Crippen LogP) is 2.00. The van der Waals surface area contributed by atoms with Crippen LogP contribution in [0.1, 0.15) is 5.82 Å². The largest absolute Gasteiger partial charge is 0.379 e. The lowest BCUT2D eigenvalue weighted by Gasteiger charge is -2.25. The summed E-state index contributed by atoms with van der Waals surface area (Å²) in [4.78, 5) is 6.97. The van der Waals surface area contributed by atoms with E-state index in [4.69, 9.17) is 4.74 Å². The summed E-state index contributed by atoms with van der Waals surface area (Å²) in [5.41, 5.74) is 1.06. The summed E-state index contributed by atoms with van der Waals surface area (Å²) in [7, 11) is 0. The van der Waals surface area contributed by atoms with E-state index in [1.54, 1.807) is 11.8 Å². The van der Waals surface area contributed by atoms with Crippen LogP contribution in [0.4, 0.5) is 0 Å². The van der Waals surface area contributed by atoms with Crippen LogP contribution in [0.15, 0.2) is 35.5 Å². The first-order valence-corrected chi connectivity index (χ1v) is 8.23. The van der Waals surface area contributed by atoms with Crippen molar-refractivity contribution in [1.29, 1.82) is 0 Å². The summed E-state index contributed by atoms with van der Waals surface area (Å²) < 4.78 is 7.26. The molecule has 1 aliphatic rings. The molecule has 1 fully saturated rings. The molecule has 1 aromatic carbocycles. The van der Waals surface area contributed by atoms with Gasteiger partial charge in [-0.3, -0.25) is 4.90 Å². The smallest absolute Gasteiger partial charge is 0.209 e. The lowest BCUT2D eigenvalue weighted by Crippen LogP contribution is -2.37. The van der Waals surface area contributed by atoms with E-state index < -0.39 is 0 Å². The fourth-order valence-corrected chi connectivity index (χ4v) is 3.20. The molecule has 21 heavy (non-hydrogen) atoms. The van der Waals surface area contributed by atoms with E-state index in [1.807, 2.05) is 41.9 Å². The van der Waals surface area contributed by atoms with Gasteiger partial charge in [0.25, 0.3) is 0 Å². The SMILES string of the molecule is Cc1nc(SCCN2CCOCC2)nn1-c1ccccc1. The van der Waals surface area contributed by atoms with E-state index in [2.05, 4.69) is 15.0 Å². The van der Waals surface area contributed by atoms with Gasteiger partial charge in [0, 0.05) is 25.4 Å². The molecule has 0 spiro atoms. The van der Waals surface area contributed by atoms with E-state index in [0.717, 1.165) is 55.3 Å². The van der Waals surface area contributed by atoms with Crippen molar-refractivity contribution < 1.29 is 4.74 Å². The van der Waals surface area contributed by atoms with Crippen LogP contribution in [0.2, 0.25) is 0 Å². The molecule has 0 amide bonds. The highest BCUT2D eigenvalue weighted by molar-refractivity contribution is 7.99. The van der Waals surface area contributed by atoms with Gasteiger partial charge >= 0.3 is 0 Å². The number of hydrogen-bond acceptors (Lipinski definition) is 5. The number of rotatable bonds is 5. The van der Waals surface area contributed by atoms with Crippen LogP contribution < -0.4 is 0 Å². The average Bonchev–Trinajstić information content (AvgIpc) is 2.90. The van der Waals surface area contributed by atoms with Crippen LogP contribution >= 0.6 is 11.8 Å². The van der Waals surface area contributed by atoms with Gasteiger partial charge in [0.15, 0.2) is 0 Å². The molecule has 2 heterocycles. The predicted molar refractivity (Wildman–Crippen MR) is 84.1 cm³/mol. The summed E-state index contributed by atoms with van der Waals surface area (Å²) in [6, 6.07) is 10.1. The van der Waals surface area contributed by atoms with Crippen molar-refractivity contribution in [3.05, 3.63) is 36.2 Å². The molecule has 0 atom stereocenters. The van der Waals surface area contributed by atoms with E-state index in [1.165, 1.54) is 0 Å². The summed E-state index contributed by atoms with van der Waals surface area (Å²) in [6.45, 7) is 6.82. The molecule has 0 unspecified atom stereocenters. The quantitative estimate of drug-likeness (QED) is 0.791. The van der Waals surface area contributed by atoms with E-state index >= 15 is 0 Å². The van der Waals surface area contributed by atoms with Gasteiger partial charge in [-0.25, -0.2) is 9.67 Å². The van der Waals surface area contributed by atoms with Crippen molar-refractivity contribution >= 4 is 11.8 Å². The van der Waals surface area contributed by atoms with Gasteiger partial charge in [-0.2, -0.15) is 0 Å². The first kappa shape index (κ1) is 14.6. The van der Waals surface area contributed by atoms with Gasteiger partial charge < -0.3 is 4.74 Å². The van der Waals surface area contributed by atoms with Gasteiger partial charge in [0.1, 0.15) is 5.82 Å². The van der Waals surface area contributed by atoms with Crippen molar-refractivity contribution in [2.45, 2.75) is 12.1 Å². The van der Waals surface area contributed by atoms with Crippen LogP contribution in [0.3, 0.4) is 0 Å². The molecule has 3 rings (SSSR count). The number of benzene rings is 1. The fraction of sp³-hybridized carbons (Fsp3) is 0.467. The summed E-state index contributed by atoms with van der Waals surface area (Å²) in [6.07, 6.45) is 0. The maximum atomic E-state index is 5.36. The number of aryl methyl sites for hydroxylation is 1. The molecule has 0 aliphatic carbocycles. The molecular weight excluding hydrogens is 284 g/mol. The number of ether oxygens (including phenoxy) is 1. The van der Waals surface area contributed by atoms with Gasteiger partial charge in [-0.05, 0) is 19.1 Å². The maximum Gasteiger partial charge on any atom is 0.209 e. The lowest BCUT2D eigenvalue weighted by atomic mass is 10.3. The van der Waals surface area contributed by atoms with Crippen molar-refractivity contribution in [1.82, 2.24) is 19.7 Å². The van der Waals surface area contributed by atoms with E-state index in [0.29, 0.717) is 0 Å². The molecule has 6 heteroatoms. The van der Waals surface area contributed by atoms with Crippen LogP contribution in [0, 0.1) is 6.92 Å². The van der Waals surface area contributed by atoms with Crippen molar-refractivity contribution in [3.8, 4) is 5.69 Å². The number of morpholine rings is 1. The zero-order valence-corrected chi connectivity index (χ0v) is 13.1. The van der Waals surface area contributed by atoms with Crippen LogP contribution in [-0.2, 0) is 4.74 Å². The standard InChI is InChI=1S/C15H20N4OS/c1-13-16-15(17-19(13)14-5-3-2-4-6-14)21-12-9-18-7-10-20-11-8-18/h2-6H,7-12H2,1H3. The Kier molecular flexibility index (Phi) is 4.90. The lowest BCUT2D eigenvalue weighted by molar-refractivity contribution is 0.0410. The third-order valence-corrected chi connectivity index (χ3v) is 4.31. The Bertz CT molecular complexity index is 566. The minimum Gasteiger partial charge on any atom is -0.379 e. The van der Waals surface area contributed by atoms with Gasteiger partial charge in [-0.1, -0.05) is 30.0 Å². The number of hydrogen-bond donors (Lipinski definition) is 0. The molecule has 112 valence electrons. The highest BCUT2D eigenvalue weighted by Crippen LogP contribution is 2.17. The molecule has 0 bridgehead atoms. The Labute approximate surface area is 129 Å². The van der Waals surface area contributed by atoms with Crippen molar-refractivity contribution in [3.63, 3.8) is 0 Å². The van der Waals surface area contributed by atoms with E-state index in [-0.39, 0.29) is 0 Å². The molecule has 1 aromatic heterocycles. The highest BCUT2D eigenvalue weighted by Gasteiger charge is 2.12.